The Morgan fingerprint density at radius 2 is 1.84 bits per heavy atom. The summed E-state index contributed by atoms with van der Waals surface area (Å²) in [7, 11) is 0. The first-order valence-electron chi connectivity index (χ1n) is 10.8. The topological polar surface area (TPSA) is 79.7 Å². The second-order valence-corrected chi connectivity index (χ2v) is 8.42. The molecule has 1 aliphatic rings. The molecule has 1 N–H and O–H groups in total. The first-order valence-corrected chi connectivity index (χ1v) is 10.8. The average Bonchev–Trinajstić information content (AvgIpc) is 3.43. The highest BCUT2D eigenvalue weighted by atomic mass is 16.1. The zero-order valence-corrected chi connectivity index (χ0v) is 17.9. The lowest BCUT2D eigenvalue weighted by Gasteiger charge is -2.26. The summed E-state index contributed by atoms with van der Waals surface area (Å²) in [6.45, 7) is 6.54. The van der Waals surface area contributed by atoms with E-state index in [2.05, 4.69) is 50.5 Å². The highest BCUT2D eigenvalue weighted by Crippen LogP contribution is 2.30. The van der Waals surface area contributed by atoms with Crippen molar-refractivity contribution in [3.8, 4) is 0 Å². The van der Waals surface area contributed by atoms with Crippen molar-refractivity contribution in [3.63, 3.8) is 0 Å². The van der Waals surface area contributed by atoms with Crippen LogP contribution in [0.4, 0.5) is 0 Å². The lowest BCUT2D eigenvalue weighted by molar-refractivity contribution is 0.263. The number of nitrogens with zero attached hydrogens (tertiary/aromatic N) is 5. The number of aromatic nitrogens is 5. The summed E-state index contributed by atoms with van der Waals surface area (Å²) >= 11 is 0. The lowest BCUT2D eigenvalue weighted by Crippen LogP contribution is -2.33. The Morgan fingerprint density at radius 1 is 1.06 bits per heavy atom. The predicted octanol–water partition coefficient (Wildman–Crippen LogP) is 3.36. The van der Waals surface area contributed by atoms with Crippen molar-refractivity contribution >= 4 is 10.9 Å². The fraction of sp³-hybridized carbons (Fsp3) is 0.333. The van der Waals surface area contributed by atoms with Gasteiger partial charge in [0.2, 0.25) is 0 Å². The van der Waals surface area contributed by atoms with E-state index in [0.29, 0.717) is 17.9 Å². The van der Waals surface area contributed by atoms with Crippen molar-refractivity contribution in [1.29, 1.82) is 0 Å². The number of tetrazole rings is 1. The molecular weight excluding hydrogens is 388 g/mol. The Hall–Kier alpha value is -3.32. The van der Waals surface area contributed by atoms with Gasteiger partial charge in [0.05, 0.1) is 6.54 Å². The molecule has 4 aromatic rings. The highest BCUT2D eigenvalue weighted by Gasteiger charge is 2.32. The van der Waals surface area contributed by atoms with Gasteiger partial charge in [0, 0.05) is 16.5 Å². The number of benzene rings is 2. The molecule has 1 fully saturated rings. The molecule has 0 radical (unpaired) electrons. The summed E-state index contributed by atoms with van der Waals surface area (Å²) < 4.78 is 1.82. The minimum atomic E-state index is -0.282. The van der Waals surface area contributed by atoms with Gasteiger partial charge < -0.3 is 4.98 Å². The summed E-state index contributed by atoms with van der Waals surface area (Å²) in [6.07, 6.45) is 2.22. The first kappa shape index (κ1) is 19.6. The van der Waals surface area contributed by atoms with E-state index in [1.807, 2.05) is 41.9 Å². The van der Waals surface area contributed by atoms with Crippen molar-refractivity contribution in [2.75, 3.05) is 13.1 Å². The Kier molecular flexibility index (Phi) is 5.11. The summed E-state index contributed by atoms with van der Waals surface area (Å²) in [5.74, 6) is 0.709. The number of hydrogen-bond donors (Lipinski definition) is 1. The maximum Gasteiger partial charge on any atom is 0.253 e. The third kappa shape index (κ3) is 3.77. The Bertz CT molecular complexity index is 1270. The van der Waals surface area contributed by atoms with Crippen LogP contribution in [-0.4, -0.2) is 43.2 Å². The van der Waals surface area contributed by atoms with Crippen molar-refractivity contribution in [2.24, 2.45) is 0 Å². The molecule has 0 saturated carbocycles. The molecule has 158 valence electrons. The van der Waals surface area contributed by atoms with E-state index in [1.165, 1.54) is 0 Å². The zero-order valence-electron chi connectivity index (χ0n) is 17.9. The van der Waals surface area contributed by atoms with Crippen molar-refractivity contribution in [1.82, 2.24) is 30.1 Å². The van der Waals surface area contributed by atoms with Crippen molar-refractivity contribution in [3.05, 3.63) is 87.0 Å². The Morgan fingerprint density at radius 3 is 2.61 bits per heavy atom. The summed E-state index contributed by atoms with van der Waals surface area (Å²) in [5, 5.41) is 13.7. The van der Waals surface area contributed by atoms with Gasteiger partial charge in [-0.25, -0.2) is 4.68 Å². The van der Waals surface area contributed by atoms with Gasteiger partial charge in [-0.05, 0) is 79.0 Å². The monoisotopic (exact) mass is 414 g/mol. The standard InChI is InChI=1S/C24H26N6O/c1-16-12-17(2)19-14-20(24(31)25-21(19)13-16)22(29-10-6-7-11-29)23-26-27-28-30(23)15-18-8-4-3-5-9-18/h3-5,8-9,12-14,22H,6-7,10-11,15H2,1-2H3,(H,25,31). The second-order valence-electron chi connectivity index (χ2n) is 8.42. The number of H-pyrrole nitrogens is 1. The van der Waals surface area contributed by atoms with Crippen LogP contribution in [0.3, 0.4) is 0 Å². The molecule has 0 spiro atoms. The van der Waals surface area contributed by atoms with Crippen molar-refractivity contribution in [2.45, 2.75) is 39.3 Å². The molecule has 0 amide bonds. The number of pyridine rings is 1. The van der Waals surface area contributed by atoms with Crippen LogP contribution in [0, 0.1) is 13.8 Å². The molecule has 31 heavy (non-hydrogen) atoms. The molecule has 3 heterocycles. The number of nitrogens with one attached hydrogen (secondary N) is 1. The molecule has 1 aliphatic heterocycles. The molecule has 5 rings (SSSR count). The largest absolute Gasteiger partial charge is 0.322 e. The van der Waals surface area contributed by atoms with Gasteiger partial charge in [0.1, 0.15) is 6.04 Å². The van der Waals surface area contributed by atoms with E-state index in [9.17, 15) is 4.79 Å². The quantitative estimate of drug-likeness (QED) is 0.542. The first-order chi connectivity index (χ1) is 15.1. The van der Waals surface area contributed by atoms with E-state index in [1.54, 1.807) is 0 Å². The molecular formula is C24H26N6O. The van der Waals surface area contributed by atoms with Gasteiger partial charge in [0.25, 0.3) is 5.56 Å². The van der Waals surface area contributed by atoms with E-state index in [-0.39, 0.29) is 11.6 Å². The molecule has 2 aromatic heterocycles. The average molecular weight is 415 g/mol. The van der Waals surface area contributed by atoms with E-state index < -0.39 is 0 Å². The van der Waals surface area contributed by atoms with Crippen LogP contribution in [0.15, 0.2) is 53.3 Å². The highest BCUT2D eigenvalue weighted by molar-refractivity contribution is 5.83. The van der Waals surface area contributed by atoms with Crippen LogP contribution in [-0.2, 0) is 6.54 Å². The van der Waals surface area contributed by atoms with Crippen LogP contribution in [0.1, 0.15) is 47.0 Å². The number of rotatable bonds is 5. The maximum atomic E-state index is 13.3. The van der Waals surface area contributed by atoms with Gasteiger partial charge in [0.15, 0.2) is 5.82 Å². The summed E-state index contributed by atoms with van der Waals surface area (Å²) in [5.41, 5.74) is 4.90. The van der Waals surface area contributed by atoms with E-state index in [0.717, 1.165) is 53.5 Å². The SMILES string of the molecule is Cc1cc(C)c2cc(C(c3nnnn3Cc3ccccc3)N3CCCC3)c(=O)[nH]c2c1. The third-order valence-corrected chi connectivity index (χ3v) is 6.12. The van der Waals surface area contributed by atoms with Gasteiger partial charge in [-0.1, -0.05) is 36.4 Å². The number of aryl methyl sites for hydroxylation is 2. The molecule has 2 aromatic carbocycles. The lowest BCUT2D eigenvalue weighted by atomic mass is 10.00. The Balaban J connectivity index is 1.64. The minimum absolute atomic E-state index is 0.0799. The smallest absolute Gasteiger partial charge is 0.253 e. The minimum Gasteiger partial charge on any atom is -0.322 e. The van der Waals surface area contributed by atoms with Crippen LogP contribution < -0.4 is 5.56 Å². The van der Waals surface area contributed by atoms with Crippen LogP contribution >= 0.6 is 0 Å². The fourth-order valence-corrected chi connectivity index (χ4v) is 4.67. The maximum absolute atomic E-state index is 13.3. The van der Waals surface area contributed by atoms with E-state index >= 15 is 0 Å². The van der Waals surface area contributed by atoms with Gasteiger partial charge >= 0.3 is 0 Å². The zero-order chi connectivity index (χ0) is 21.4. The number of hydrogen-bond acceptors (Lipinski definition) is 5. The Labute approximate surface area is 180 Å². The summed E-state index contributed by atoms with van der Waals surface area (Å²) in [6, 6.07) is 16.1. The molecule has 1 saturated heterocycles. The van der Waals surface area contributed by atoms with Crippen LogP contribution in [0.5, 0.6) is 0 Å². The van der Waals surface area contributed by atoms with Gasteiger partial charge in [-0.15, -0.1) is 5.10 Å². The van der Waals surface area contributed by atoms with Crippen molar-refractivity contribution < 1.29 is 0 Å². The van der Waals surface area contributed by atoms with Crippen LogP contribution in [0.2, 0.25) is 0 Å². The normalized spacial score (nSPS) is 15.5. The van der Waals surface area contributed by atoms with Gasteiger partial charge in [-0.3, -0.25) is 9.69 Å². The van der Waals surface area contributed by atoms with Gasteiger partial charge in [-0.2, -0.15) is 0 Å². The number of aromatic amines is 1. The molecule has 1 atom stereocenters. The molecule has 0 aliphatic carbocycles. The molecule has 7 nitrogen and oxygen atoms in total. The fourth-order valence-electron chi connectivity index (χ4n) is 4.67. The number of fused-ring (bicyclic) bond motifs is 1. The van der Waals surface area contributed by atoms with E-state index in [4.69, 9.17) is 0 Å². The third-order valence-electron chi connectivity index (χ3n) is 6.12. The van der Waals surface area contributed by atoms with Crippen LogP contribution in [0.25, 0.3) is 10.9 Å². The molecule has 1 unspecified atom stereocenters. The second kappa shape index (κ2) is 8.07. The predicted molar refractivity (Wildman–Crippen MR) is 120 cm³/mol. The molecule has 7 heteroatoms. The molecule has 0 bridgehead atoms. The number of likely N-dealkylation sites (tertiary alicyclic amines) is 1. The summed E-state index contributed by atoms with van der Waals surface area (Å²) in [4.78, 5) is 18.7.